The van der Waals surface area contributed by atoms with Gasteiger partial charge in [0.2, 0.25) is 0 Å². The van der Waals surface area contributed by atoms with E-state index in [0.29, 0.717) is 5.41 Å². The second kappa shape index (κ2) is 11.5. The van der Waals surface area contributed by atoms with Gasteiger partial charge in [-0.1, -0.05) is 59.1 Å². The number of allylic oxidation sites excluding steroid dienone is 1. The minimum atomic E-state index is -0.542. The van der Waals surface area contributed by atoms with Crippen LogP contribution >= 0.6 is 12.4 Å². The third-order valence-electron chi connectivity index (χ3n) is 11.5. The molecule has 3 fully saturated rings. The Morgan fingerprint density at radius 2 is 1.84 bits per heavy atom. The Morgan fingerprint density at radius 3 is 2.49 bits per heavy atom. The number of hydrogen-bond donors (Lipinski definition) is 2. The zero-order chi connectivity index (χ0) is 26.5. The number of halogens is 1. The highest BCUT2D eigenvalue weighted by atomic mass is 35.5. The minimum absolute atomic E-state index is 0. The van der Waals surface area contributed by atoms with Gasteiger partial charge in [0.1, 0.15) is 12.1 Å². The van der Waals surface area contributed by atoms with E-state index in [0.717, 1.165) is 61.7 Å². The summed E-state index contributed by atoms with van der Waals surface area (Å²) in [7, 11) is 0. The van der Waals surface area contributed by atoms with Gasteiger partial charge in [0.25, 0.3) is 0 Å². The van der Waals surface area contributed by atoms with Gasteiger partial charge < -0.3 is 15.6 Å². The van der Waals surface area contributed by atoms with Crippen molar-refractivity contribution in [1.82, 2.24) is 0 Å². The van der Waals surface area contributed by atoms with Gasteiger partial charge in [-0.15, -0.1) is 12.4 Å². The molecule has 0 radical (unpaired) electrons. The largest absolute Gasteiger partial charge is 0.461 e. The number of ether oxygens (including phenoxy) is 1. The summed E-state index contributed by atoms with van der Waals surface area (Å²) in [5.41, 5.74) is 7.82. The first-order valence-corrected chi connectivity index (χ1v) is 15.1. The number of esters is 1. The number of rotatable bonds is 8. The SMILES string of the molecule is CC(C)[C@H](N)C(=O)O[C@H]1CC[C@@]2(C)C(=CC[C@H]3[C@@H]4CC[C@H]([C@H](C)CCCC(C)(C)O)[C@@]4(C)CC[C@@H]32)C1.Cl. The molecule has 0 amide bonds. The summed E-state index contributed by atoms with van der Waals surface area (Å²) in [4.78, 5) is 12.5. The van der Waals surface area contributed by atoms with E-state index < -0.39 is 11.6 Å². The van der Waals surface area contributed by atoms with E-state index in [9.17, 15) is 9.90 Å². The van der Waals surface area contributed by atoms with Gasteiger partial charge in [0.15, 0.2) is 0 Å². The Hall–Kier alpha value is -0.580. The molecule has 0 bridgehead atoms. The quantitative estimate of drug-likeness (QED) is 0.249. The molecule has 0 aliphatic heterocycles. The molecule has 0 aromatic rings. The average Bonchev–Trinajstić information content (AvgIpc) is 3.15. The van der Waals surface area contributed by atoms with Crippen molar-refractivity contribution in [2.75, 3.05) is 0 Å². The third-order valence-corrected chi connectivity index (χ3v) is 11.5. The van der Waals surface area contributed by atoms with E-state index in [-0.39, 0.29) is 35.8 Å². The Bertz CT molecular complexity index is 834. The summed E-state index contributed by atoms with van der Waals surface area (Å²) >= 11 is 0. The molecule has 3 N–H and O–H groups in total. The molecular weight excluding hydrogens is 482 g/mol. The predicted molar refractivity (Wildman–Crippen MR) is 154 cm³/mol. The highest BCUT2D eigenvalue weighted by Crippen LogP contribution is 2.67. The zero-order valence-electron chi connectivity index (χ0n) is 24.7. The maximum absolute atomic E-state index is 12.5. The van der Waals surface area contributed by atoms with Crippen molar-refractivity contribution in [2.45, 2.75) is 137 Å². The number of hydrogen-bond acceptors (Lipinski definition) is 4. The van der Waals surface area contributed by atoms with Crippen LogP contribution in [0.1, 0.15) is 119 Å². The zero-order valence-corrected chi connectivity index (χ0v) is 25.5. The molecule has 4 aliphatic carbocycles. The molecule has 9 atom stereocenters. The second-order valence-corrected chi connectivity index (χ2v) is 14.7. The van der Waals surface area contributed by atoms with Gasteiger partial charge in [0, 0.05) is 6.42 Å². The lowest BCUT2D eigenvalue weighted by Gasteiger charge is -2.58. The number of nitrogens with two attached hydrogens (primary N) is 1. The molecule has 0 saturated heterocycles. The molecule has 4 aliphatic rings. The number of carbonyl (C=O) groups excluding carboxylic acids is 1. The van der Waals surface area contributed by atoms with E-state index in [2.05, 4.69) is 26.8 Å². The van der Waals surface area contributed by atoms with E-state index in [4.69, 9.17) is 10.5 Å². The number of carbonyl (C=O) groups is 1. The normalized spacial score (nSPS) is 39.0. The first-order chi connectivity index (χ1) is 16.8. The fraction of sp³-hybridized carbons (Fsp3) is 0.906. The minimum Gasteiger partial charge on any atom is -0.461 e. The van der Waals surface area contributed by atoms with Crippen molar-refractivity contribution < 1.29 is 14.6 Å². The van der Waals surface area contributed by atoms with Gasteiger partial charge >= 0.3 is 5.97 Å². The van der Waals surface area contributed by atoms with E-state index in [1.54, 1.807) is 5.57 Å². The molecule has 4 nitrogen and oxygen atoms in total. The fourth-order valence-electron chi connectivity index (χ4n) is 9.28. The smallest absolute Gasteiger partial charge is 0.323 e. The first-order valence-electron chi connectivity index (χ1n) is 15.1. The third kappa shape index (κ3) is 6.12. The van der Waals surface area contributed by atoms with Crippen molar-refractivity contribution in [1.29, 1.82) is 0 Å². The molecule has 214 valence electrons. The van der Waals surface area contributed by atoms with Crippen LogP contribution in [-0.2, 0) is 9.53 Å². The highest BCUT2D eigenvalue weighted by Gasteiger charge is 2.59. The Morgan fingerprint density at radius 1 is 1.14 bits per heavy atom. The van der Waals surface area contributed by atoms with Crippen LogP contribution in [0.25, 0.3) is 0 Å². The molecule has 3 saturated carbocycles. The van der Waals surface area contributed by atoms with Crippen molar-refractivity contribution in [3.63, 3.8) is 0 Å². The topological polar surface area (TPSA) is 72.6 Å². The molecule has 0 spiro atoms. The Labute approximate surface area is 233 Å². The molecule has 37 heavy (non-hydrogen) atoms. The Balaban J connectivity index is 0.00000380. The monoisotopic (exact) mass is 537 g/mol. The van der Waals surface area contributed by atoms with Gasteiger partial charge in [-0.25, -0.2) is 0 Å². The fourth-order valence-corrected chi connectivity index (χ4v) is 9.28. The second-order valence-electron chi connectivity index (χ2n) is 14.7. The summed E-state index contributed by atoms with van der Waals surface area (Å²) in [5, 5.41) is 10.2. The molecule has 0 aromatic carbocycles. The summed E-state index contributed by atoms with van der Waals surface area (Å²) in [5.74, 6) is 3.86. The van der Waals surface area contributed by atoms with Crippen LogP contribution in [0.5, 0.6) is 0 Å². The van der Waals surface area contributed by atoms with Gasteiger partial charge in [-0.2, -0.15) is 0 Å². The van der Waals surface area contributed by atoms with Crippen LogP contribution in [0.2, 0.25) is 0 Å². The highest BCUT2D eigenvalue weighted by molar-refractivity contribution is 5.85. The van der Waals surface area contributed by atoms with Crippen molar-refractivity contribution in [3.8, 4) is 0 Å². The predicted octanol–water partition coefficient (Wildman–Crippen LogP) is 7.46. The molecular formula is C32H56ClNO3. The van der Waals surface area contributed by atoms with Crippen molar-refractivity contribution in [3.05, 3.63) is 11.6 Å². The standard InChI is InChI=1S/C32H55NO3.ClH/c1-20(2)28(33)29(34)36-23-14-17-31(6)22(19-23)10-11-24-26-13-12-25(32(26,7)18-15-27(24)31)21(3)9-8-16-30(4,5)35;/h10,20-21,23-28,35H,8-9,11-19,33H2,1-7H3;1H/t21-,23+,24+,25-,26+,27+,28+,31+,32-;/m1./s1. The van der Waals surface area contributed by atoms with Crippen LogP contribution < -0.4 is 5.73 Å². The summed E-state index contributed by atoms with van der Waals surface area (Å²) in [6.07, 6.45) is 15.5. The van der Waals surface area contributed by atoms with Gasteiger partial charge in [0.05, 0.1) is 5.60 Å². The van der Waals surface area contributed by atoms with Gasteiger partial charge in [-0.05, 0) is 112 Å². The maximum Gasteiger partial charge on any atom is 0.323 e. The summed E-state index contributed by atoms with van der Waals surface area (Å²) in [6.45, 7) is 15.5. The van der Waals surface area contributed by atoms with Crippen molar-refractivity contribution in [2.24, 2.45) is 52.1 Å². The molecule has 5 heteroatoms. The average molecular weight is 538 g/mol. The first kappa shape index (κ1) is 31.0. The van der Waals surface area contributed by atoms with Crippen molar-refractivity contribution >= 4 is 18.4 Å². The van der Waals surface area contributed by atoms with Gasteiger partial charge in [-0.3, -0.25) is 4.79 Å². The maximum atomic E-state index is 12.5. The lowest BCUT2D eigenvalue weighted by Crippen LogP contribution is -2.51. The van der Waals surface area contributed by atoms with Crippen LogP contribution in [0.15, 0.2) is 11.6 Å². The molecule has 0 aromatic heterocycles. The summed E-state index contributed by atoms with van der Waals surface area (Å²) in [6, 6.07) is -0.521. The number of fused-ring (bicyclic) bond motifs is 5. The molecule has 0 heterocycles. The molecule has 4 rings (SSSR count). The van der Waals surface area contributed by atoms with E-state index >= 15 is 0 Å². The van der Waals surface area contributed by atoms with E-state index in [1.165, 1.54) is 38.5 Å². The van der Waals surface area contributed by atoms with E-state index in [1.807, 2.05) is 27.7 Å². The lowest BCUT2D eigenvalue weighted by molar-refractivity contribution is -0.154. The van der Waals surface area contributed by atoms with Crippen LogP contribution in [0.4, 0.5) is 0 Å². The van der Waals surface area contributed by atoms with Crippen LogP contribution in [-0.4, -0.2) is 28.8 Å². The lowest BCUT2D eigenvalue weighted by atomic mass is 9.47. The molecule has 0 unspecified atom stereocenters. The summed E-state index contributed by atoms with van der Waals surface area (Å²) < 4.78 is 5.90. The van der Waals surface area contributed by atoms with Crippen LogP contribution in [0.3, 0.4) is 0 Å². The Kier molecular flexibility index (Phi) is 9.62. The van der Waals surface area contributed by atoms with Crippen LogP contribution in [0, 0.1) is 46.3 Å². The number of aliphatic hydroxyl groups is 1.